The van der Waals surface area contributed by atoms with Gasteiger partial charge in [-0.2, -0.15) is 0 Å². The Balaban J connectivity index is 2.08. The Morgan fingerprint density at radius 1 is 1.23 bits per heavy atom. The fraction of sp³-hybridized carbons (Fsp3) is 0.286. The largest absolute Gasteiger partial charge is 0.493 e. The number of rotatable bonds is 5. The molecule has 1 atom stereocenters. The van der Waals surface area contributed by atoms with E-state index in [0.717, 1.165) is 29.6 Å². The number of thiocarbonyl (C=S) groups is 1. The monoisotopic (exact) mass is 368 g/mol. The van der Waals surface area contributed by atoms with Crippen LogP contribution >= 0.6 is 12.2 Å². The Bertz CT molecular complexity index is 792. The van der Waals surface area contributed by atoms with E-state index < -0.39 is 0 Å². The molecule has 0 saturated carbocycles. The number of benzene rings is 2. The van der Waals surface area contributed by atoms with Crippen molar-refractivity contribution in [1.82, 2.24) is 10.2 Å². The maximum absolute atomic E-state index is 5.67. The van der Waals surface area contributed by atoms with Gasteiger partial charge in [-0.1, -0.05) is 36.4 Å². The summed E-state index contributed by atoms with van der Waals surface area (Å²) >= 11 is 5.67. The molecule has 5 heteroatoms. The van der Waals surface area contributed by atoms with E-state index in [-0.39, 0.29) is 6.04 Å². The van der Waals surface area contributed by atoms with Crippen molar-refractivity contribution in [3.8, 4) is 11.5 Å². The van der Waals surface area contributed by atoms with Crippen LogP contribution < -0.4 is 14.8 Å². The van der Waals surface area contributed by atoms with E-state index in [0.29, 0.717) is 6.54 Å². The fourth-order valence-corrected chi connectivity index (χ4v) is 3.70. The van der Waals surface area contributed by atoms with Gasteiger partial charge in [0, 0.05) is 13.1 Å². The molecule has 0 aromatic heterocycles. The summed E-state index contributed by atoms with van der Waals surface area (Å²) in [6, 6.07) is 14.6. The number of nitrogens with one attached hydrogen (secondary N) is 1. The van der Waals surface area contributed by atoms with Gasteiger partial charge in [0.1, 0.15) is 0 Å². The van der Waals surface area contributed by atoms with Crippen LogP contribution in [0.4, 0.5) is 0 Å². The molecule has 0 radical (unpaired) electrons. The Hall–Kier alpha value is -2.53. The maximum atomic E-state index is 5.67. The van der Waals surface area contributed by atoms with Gasteiger partial charge in [-0.3, -0.25) is 0 Å². The fourth-order valence-electron chi connectivity index (χ4n) is 3.42. The molecule has 1 heterocycles. The Labute approximate surface area is 160 Å². The van der Waals surface area contributed by atoms with Crippen LogP contribution in [0, 0.1) is 0 Å². The molecule has 0 spiro atoms. The number of hydrogen-bond donors (Lipinski definition) is 1. The maximum Gasteiger partial charge on any atom is 0.169 e. The molecule has 0 fully saturated rings. The van der Waals surface area contributed by atoms with Crippen LogP contribution in [0.1, 0.15) is 22.7 Å². The summed E-state index contributed by atoms with van der Waals surface area (Å²) in [5.74, 6) is 1.50. The van der Waals surface area contributed by atoms with Crippen molar-refractivity contribution in [2.45, 2.75) is 12.5 Å². The van der Waals surface area contributed by atoms with E-state index in [1.165, 1.54) is 16.7 Å². The Kier molecular flexibility index (Phi) is 5.78. The predicted octanol–water partition coefficient (Wildman–Crippen LogP) is 3.71. The lowest BCUT2D eigenvalue weighted by Gasteiger charge is -2.39. The standard InChI is InChI=1S/C21H24N2O2S/c1-4-11-22-21(26)23-12-10-16-13-18(24-2)19(25-3)14-17(16)20(23)15-8-6-5-7-9-15/h4-9,13-14,20H,1,10-12H2,2-3H3,(H,22,26). The first kappa shape index (κ1) is 18.3. The van der Waals surface area contributed by atoms with Crippen LogP contribution in [0.25, 0.3) is 0 Å². The number of fused-ring (bicyclic) bond motifs is 1. The normalized spacial score (nSPS) is 15.8. The average molecular weight is 369 g/mol. The van der Waals surface area contributed by atoms with Gasteiger partial charge in [-0.15, -0.1) is 6.58 Å². The quantitative estimate of drug-likeness (QED) is 0.643. The molecule has 1 aliphatic rings. The molecule has 136 valence electrons. The van der Waals surface area contributed by atoms with Crippen LogP contribution in [0.3, 0.4) is 0 Å². The van der Waals surface area contributed by atoms with E-state index in [1.54, 1.807) is 14.2 Å². The van der Waals surface area contributed by atoms with Gasteiger partial charge in [0.15, 0.2) is 16.6 Å². The van der Waals surface area contributed by atoms with Gasteiger partial charge in [0.25, 0.3) is 0 Å². The zero-order valence-corrected chi connectivity index (χ0v) is 16.0. The third-order valence-corrected chi connectivity index (χ3v) is 5.03. The predicted molar refractivity (Wildman–Crippen MR) is 109 cm³/mol. The second-order valence-electron chi connectivity index (χ2n) is 6.14. The van der Waals surface area contributed by atoms with Crippen molar-refractivity contribution in [3.63, 3.8) is 0 Å². The minimum Gasteiger partial charge on any atom is -0.493 e. The summed E-state index contributed by atoms with van der Waals surface area (Å²) in [5, 5.41) is 4.00. The minimum atomic E-state index is 0.0320. The molecule has 3 rings (SSSR count). The summed E-state index contributed by atoms with van der Waals surface area (Å²) in [4.78, 5) is 2.24. The van der Waals surface area contributed by atoms with Gasteiger partial charge in [0.2, 0.25) is 0 Å². The van der Waals surface area contributed by atoms with E-state index in [1.807, 2.05) is 12.1 Å². The molecule has 0 amide bonds. The van der Waals surface area contributed by atoms with Crippen LogP contribution in [-0.4, -0.2) is 37.3 Å². The molecule has 0 saturated heterocycles. The summed E-state index contributed by atoms with van der Waals surface area (Å²) in [6.45, 7) is 5.25. The van der Waals surface area contributed by atoms with Crippen LogP contribution in [0.15, 0.2) is 55.1 Å². The van der Waals surface area contributed by atoms with Crippen molar-refractivity contribution in [2.75, 3.05) is 27.3 Å². The molecule has 2 aromatic rings. The van der Waals surface area contributed by atoms with Crippen molar-refractivity contribution >= 4 is 17.3 Å². The van der Waals surface area contributed by atoms with E-state index >= 15 is 0 Å². The summed E-state index contributed by atoms with van der Waals surface area (Å²) < 4.78 is 11.0. The van der Waals surface area contributed by atoms with Gasteiger partial charge >= 0.3 is 0 Å². The first-order valence-electron chi connectivity index (χ1n) is 8.64. The number of methoxy groups -OCH3 is 2. The first-order chi connectivity index (χ1) is 12.7. The third-order valence-electron chi connectivity index (χ3n) is 4.65. The van der Waals surface area contributed by atoms with E-state index in [9.17, 15) is 0 Å². The Morgan fingerprint density at radius 2 is 1.92 bits per heavy atom. The highest BCUT2D eigenvalue weighted by atomic mass is 32.1. The molecule has 0 aliphatic carbocycles. The smallest absolute Gasteiger partial charge is 0.169 e. The molecular weight excluding hydrogens is 344 g/mol. The van der Waals surface area contributed by atoms with E-state index in [2.05, 4.69) is 53.2 Å². The second kappa shape index (κ2) is 8.23. The zero-order chi connectivity index (χ0) is 18.5. The lowest BCUT2D eigenvalue weighted by molar-refractivity contribution is 0.325. The van der Waals surface area contributed by atoms with Crippen molar-refractivity contribution < 1.29 is 9.47 Å². The third kappa shape index (κ3) is 3.53. The molecule has 1 aliphatic heterocycles. The zero-order valence-electron chi connectivity index (χ0n) is 15.2. The van der Waals surface area contributed by atoms with Crippen LogP contribution in [-0.2, 0) is 6.42 Å². The molecule has 2 aromatic carbocycles. The summed E-state index contributed by atoms with van der Waals surface area (Å²) in [6.07, 6.45) is 2.71. The van der Waals surface area contributed by atoms with Crippen molar-refractivity contribution in [2.24, 2.45) is 0 Å². The van der Waals surface area contributed by atoms with Gasteiger partial charge < -0.3 is 19.7 Å². The van der Waals surface area contributed by atoms with Gasteiger partial charge in [-0.25, -0.2) is 0 Å². The lowest BCUT2D eigenvalue weighted by atomic mass is 9.88. The molecule has 1 unspecified atom stereocenters. The van der Waals surface area contributed by atoms with Crippen LogP contribution in [0.5, 0.6) is 11.5 Å². The SMILES string of the molecule is C=CCNC(=S)N1CCc2cc(OC)c(OC)cc2C1c1ccccc1. The summed E-state index contributed by atoms with van der Waals surface area (Å²) in [5.41, 5.74) is 3.66. The van der Waals surface area contributed by atoms with Crippen molar-refractivity contribution in [3.05, 3.63) is 71.8 Å². The highest BCUT2D eigenvalue weighted by molar-refractivity contribution is 7.80. The minimum absolute atomic E-state index is 0.0320. The molecular formula is C21H24N2O2S. The first-order valence-corrected chi connectivity index (χ1v) is 9.05. The Morgan fingerprint density at radius 3 is 2.58 bits per heavy atom. The highest BCUT2D eigenvalue weighted by Crippen LogP contribution is 2.40. The van der Waals surface area contributed by atoms with E-state index in [4.69, 9.17) is 21.7 Å². The van der Waals surface area contributed by atoms with Crippen LogP contribution in [0.2, 0.25) is 0 Å². The molecule has 1 N–H and O–H groups in total. The van der Waals surface area contributed by atoms with Crippen molar-refractivity contribution in [1.29, 1.82) is 0 Å². The average Bonchev–Trinajstić information content (AvgIpc) is 2.70. The molecule has 4 nitrogen and oxygen atoms in total. The van der Waals surface area contributed by atoms with Gasteiger partial charge in [-0.05, 0) is 47.5 Å². The number of nitrogens with zero attached hydrogens (tertiary/aromatic N) is 1. The van der Waals surface area contributed by atoms with Gasteiger partial charge in [0.05, 0.1) is 20.3 Å². The second-order valence-corrected chi connectivity index (χ2v) is 6.52. The lowest BCUT2D eigenvalue weighted by Crippen LogP contribution is -2.45. The number of ether oxygens (including phenoxy) is 2. The molecule has 26 heavy (non-hydrogen) atoms. The summed E-state index contributed by atoms with van der Waals surface area (Å²) in [7, 11) is 3.33. The molecule has 0 bridgehead atoms. The topological polar surface area (TPSA) is 33.7 Å². The number of hydrogen-bond acceptors (Lipinski definition) is 3. The highest BCUT2D eigenvalue weighted by Gasteiger charge is 2.31.